The molecule has 0 fully saturated rings. The van der Waals surface area contributed by atoms with Gasteiger partial charge in [0, 0.05) is 0 Å². The van der Waals surface area contributed by atoms with Gasteiger partial charge in [0.15, 0.2) is 0 Å². The van der Waals surface area contributed by atoms with Crippen LogP contribution in [0.25, 0.3) is 0 Å². The molecule has 2 heteroatoms. The monoisotopic (exact) mass is 169 g/mol. The summed E-state index contributed by atoms with van der Waals surface area (Å²) in [5.74, 6) is 3.11. The molecule has 0 heterocycles. The van der Waals surface area contributed by atoms with Crippen molar-refractivity contribution in [2.45, 2.75) is 45.4 Å². The molecule has 0 radical (unpaired) electrons. The molecule has 0 rings (SSSR count). The predicted molar refractivity (Wildman–Crippen MR) is 54.0 cm³/mol. The molecule has 0 aromatic heterocycles. The van der Waals surface area contributed by atoms with Gasteiger partial charge in [-0.2, -0.15) is 0 Å². The van der Waals surface area contributed by atoms with Crippen molar-refractivity contribution < 1.29 is 0 Å². The lowest BCUT2D eigenvalue weighted by Gasteiger charge is -2.05. The number of hydrogen-bond acceptors (Lipinski definition) is 1. The molecular formula is C9H19NSi. The Bertz CT molecular complexity index is 159. The molecule has 0 saturated heterocycles. The molecule has 1 atom stereocenters. The fraction of sp³-hybridized carbons (Fsp3) is 0.778. The molecule has 0 aliphatic heterocycles. The van der Waals surface area contributed by atoms with Crippen LogP contribution in [0.5, 0.6) is 0 Å². The van der Waals surface area contributed by atoms with Crippen LogP contribution in [0.4, 0.5) is 0 Å². The number of rotatable bonds is 2. The summed E-state index contributed by atoms with van der Waals surface area (Å²) in [5.41, 5.74) is 9.01. The van der Waals surface area contributed by atoms with Crippen LogP contribution in [0.1, 0.15) is 19.8 Å². The molecule has 0 saturated carbocycles. The van der Waals surface area contributed by atoms with Gasteiger partial charge >= 0.3 is 0 Å². The Balaban J connectivity index is 3.87. The summed E-state index contributed by atoms with van der Waals surface area (Å²) in [7, 11) is -1.19. The van der Waals surface area contributed by atoms with Crippen molar-refractivity contribution >= 4 is 8.07 Å². The van der Waals surface area contributed by atoms with Crippen molar-refractivity contribution in [3.63, 3.8) is 0 Å². The summed E-state index contributed by atoms with van der Waals surface area (Å²) in [6, 6.07) is 0.103. The first kappa shape index (κ1) is 10.7. The summed E-state index contributed by atoms with van der Waals surface area (Å²) < 4.78 is 0. The zero-order chi connectivity index (χ0) is 8.91. The molecular weight excluding hydrogens is 150 g/mol. The van der Waals surface area contributed by atoms with E-state index in [1.54, 1.807) is 0 Å². The van der Waals surface area contributed by atoms with E-state index in [4.69, 9.17) is 5.73 Å². The average Bonchev–Trinajstić information content (AvgIpc) is 1.83. The van der Waals surface area contributed by atoms with Crippen LogP contribution >= 0.6 is 0 Å². The van der Waals surface area contributed by atoms with Gasteiger partial charge in [0.05, 0.1) is 6.04 Å². The third-order valence-electron chi connectivity index (χ3n) is 1.23. The lowest BCUT2D eigenvalue weighted by molar-refractivity contribution is 0.720. The van der Waals surface area contributed by atoms with Gasteiger partial charge in [-0.15, -0.1) is 5.54 Å². The van der Waals surface area contributed by atoms with Gasteiger partial charge in [0.25, 0.3) is 0 Å². The minimum Gasteiger partial charge on any atom is -0.318 e. The van der Waals surface area contributed by atoms with E-state index in [1.165, 1.54) is 0 Å². The van der Waals surface area contributed by atoms with Gasteiger partial charge in [-0.1, -0.05) is 38.9 Å². The van der Waals surface area contributed by atoms with Crippen LogP contribution in [-0.2, 0) is 0 Å². The first-order valence-electron chi connectivity index (χ1n) is 4.24. The van der Waals surface area contributed by atoms with Gasteiger partial charge in [-0.25, -0.2) is 0 Å². The Hall–Kier alpha value is -0.263. The molecule has 0 bridgehead atoms. The highest BCUT2D eigenvalue weighted by molar-refractivity contribution is 6.83. The number of hydrogen-bond donors (Lipinski definition) is 1. The molecule has 0 aromatic rings. The smallest absolute Gasteiger partial charge is 0.129 e. The topological polar surface area (TPSA) is 26.0 Å². The lowest BCUT2D eigenvalue weighted by Crippen LogP contribution is -2.21. The van der Waals surface area contributed by atoms with E-state index >= 15 is 0 Å². The number of nitrogens with two attached hydrogens (primary N) is 1. The van der Waals surface area contributed by atoms with Crippen LogP contribution in [0.15, 0.2) is 0 Å². The Morgan fingerprint density at radius 3 is 2.27 bits per heavy atom. The molecule has 0 aromatic carbocycles. The van der Waals surface area contributed by atoms with Crippen LogP contribution < -0.4 is 5.73 Å². The SMILES string of the molecule is CCCC(N)C#C[Si](C)(C)C. The van der Waals surface area contributed by atoms with E-state index in [0.717, 1.165) is 12.8 Å². The maximum absolute atomic E-state index is 5.74. The summed E-state index contributed by atoms with van der Waals surface area (Å²) >= 11 is 0. The van der Waals surface area contributed by atoms with E-state index in [9.17, 15) is 0 Å². The third-order valence-corrected chi connectivity index (χ3v) is 2.13. The first-order chi connectivity index (χ1) is 4.95. The largest absolute Gasteiger partial charge is 0.318 e. The van der Waals surface area contributed by atoms with Crippen molar-refractivity contribution in [1.29, 1.82) is 0 Å². The minimum atomic E-state index is -1.19. The maximum Gasteiger partial charge on any atom is 0.129 e. The predicted octanol–water partition coefficient (Wildman–Crippen LogP) is 1.99. The molecule has 11 heavy (non-hydrogen) atoms. The van der Waals surface area contributed by atoms with Crippen molar-refractivity contribution in [2.24, 2.45) is 5.73 Å². The molecule has 0 amide bonds. The van der Waals surface area contributed by atoms with Gasteiger partial charge in [-0.05, 0) is 6.42 Å². The van der Waals surface area contributed by atoms with E-state index < -0.39 is 8.07 Å². The molecule has 0 aliphatic carbocycles. The summed E-state index contributed by atoms with van der Waals surface area (Å²) in [6.07, 6.45) is 2.15. The third kappa shape index (κ3) is 7.64. The maximum atomic E-state index is 5.74. The fourth-order valence-corrected chi connectivity index (χ4v) is 1.31. The van der Waals surface area contributed by atoms with Gasteiger partial charge in [0.2, 0.25) is 0 Å². The summed E-state index contributed by atoms with van der Waals surface area (Å²) in [4.78, 5) is 0. The minimum absolute atomic E-state index is 0.103. The van der Waals surface area contributed by atoms with Crippen LogP contribution in [0.3, 0.4) is 0 Å². The zero-order valence-electron chi connectivity index (χ0n) is 8.07. The summed E-state index contributed by atoms with van der Waals surface area (Å²) in [6.45, 7) is 8.84. The van der Waals surface area contributed by atoms with Crippen molar-refractivity contribution in [2.75, 3.05) is 0 Å². The standard InChI is InChI=1S/C9H19NSi/c1-5-6-9(10)7-8-11(2,3)4/h9H,5-6,10H2,1-4H3. The van der Waals surface area contributed by atoms with Crippen LogP contribution in [0.2, 0.25) is 19.6 Å². The van der Waals surface area contributed by atoms with Gasteiger partial charge in [-0.3, -0.25) is 0 Å². The second-order valence-electron chi connectivity index (χ2n) is 3.91. The van der Waals surface area contributed by atoms with E-state index in [2.05, 4.69) is 38.0 Å². The van der Waals surface area contributed by atoms with Gasteiger partial charge < -0.3 is 5.73 Å². The van der Waals surface area contributed by atoms with Crippen LogP contribution in [0, 0.1) is 11.5 Å². The molecule has 0 spiro atoms. The molecule has 1 unspecified atom stereocenters. The van der Waals surface area contributed by atoms with E-state index in [-0.39, 0.29) is 6.04 Å². The Kier molecular flexibility index (Phi) is 4.47. The molecule has 0 aliphatic rings. The highest BCUT2D eigenvalue weighted by atomic mass is 28.3. The zero-order valence-corrected chi connectivity index (χ0v) is 9.07. The van der Waals surface area contributed by atoms with Crippen molar-refractivity contribution in [3.8, 4) is 11.5 Å². The van der Waals surface area contributed by atoms with E-state index in [0.29, 0.717) is 0 Å². The highest BCUT2D eigenvalue weighted by Crippen LogP contribution is 1.97. The normalized spacial score (nSPS) is 13.5. The second-order valence-corrected chi connectivity index (χ2v) is 8.66. The average molecular weight is 169 g/mol. The molecule has 1 nitrogen and oxygen atoms in total. The van der Waals surface area contributed by atoms with Crippen LogP contribution in [-0.4, -0.2) is 14.1 Å². The Labute approximate surface area is 71.4 Å². The lowest BCUT2D eigenvalue weighted by atomic mass is 10.2. The fourth-order valence-electron chi connectivity index (χ4n) is 0.692. The second kappa shape index (κ2) is 4.58. The molecule has 2 N–H and O–H groups in total. The Morgan fingerprint density at radius 1 is 1.36 bits per heavy atom. The van der Waals surface area contributed by atoms with Gasteiger partial charge in [0.1, 0.15) is 8.07 Å². The van der Waals surface area contributed by atoms with E-state index in [1.807, 2.05) is 0 Å². The quantitative estimate of drug-likeness (QED) is 0.496. The first-order valence-corrected chi connectivity index (χ1v) is 7.74. The Morgan fingerprint density at radius 2 is 1.91 bits per heavy atom. The van der Waals surface area contributed by atoms with Crippen molar-refractivity contribution in [3.05, 3.63) is 0 Å². The van der Waals surface area contributed by atoms with Crippen molar-refractivity contribution in [1.82, 2.24) is 0 Å². The highest BCUT2D eigenvalue weighted by Gasteiger charge is 2.07. The summed E-state index contributed by atoms with van der Waals surface area (Å²) in [5, 5.41) is 0. The molecule has 64 valence electrons.